The molecule has 0 saturated carbocycles. The lowest BCUT2D eigenvalue weighted by Gasteiger charge is -2.50. The van der Waals surface area contributed by atoms with Gasteiger partial charge < -0.3 is 14.8 Å². The number of carbonyl (C=O) groups excluding carboxylic acids is 1. The lowest BCUT2D eigenvalue weighted by atomic mass is 9.90. The van der Waals surface area contributed by atoms with Crippen molar-refractivity contribution in [2.24, 2.45) is 0 Å². The third-order valence-corrected chi connectivity index (χ3v) is 4.87. The molecule has 0 aliphatic carbocycles. The number of amides is 2. The normalized spacial score (nSPS) is 24.2. The number of ether oxygens (including phenoxy) is 2. The summed E-state index contributed by atoms with van der Waals surface area (Å²) in [7, 11) is 0. The van der Waals surface area contributed by atoms with Gasteiger partial charge in [0.05, 0.1) is 12.6 Å². The van der Waals surface area contributed by atoms with Gasteiger partial charge in [0.25, 0.3) is 0 Å². The molecule has 25 heavy (non-hydrogen) atoms. The fourth-order valence-corrected chi connectivity index (χ4v) is 3.77. The second-order valence-electron chi connectivity index (χ2n) is 6.43. The molecule has 2 amide bonds. The van der Waals surface area contributed by atoms with E-state index in [4.69, 9.17) is 21.1 Å². The van der Waals surface area contributed by atoms with Gasteiger partial charge in [-0.2, -0.15) is 0 Å². The van der Waals surface area contributed by atoms with Crippen LogP contribution in [0.3, 0.4) is 0 Å². The number of nitrogens with zero attached hydrogens (tertiary/aromatic N) is 1. The summed E-state index contributed by atoms with van der Waals surface area (Å²) in [6.45, 7) is 4.48. The summed E-state index contributed by atoms with van der Waals surface area (Å²) in [6.07, 6.45) is 0.638. The summed E-state index contributed by atoms with van der Waals surface area (Å²) in [5, 5.41) is 3.70. The maximum absolute atomic E-state index is 12.8. The molecule has 2 heterocycles. The van der Waals surface area contributed by atoms with Crippen molar-refractivity contribution >= 4 is 23.3 Å². The van der Waals surface area contributed by atoms with Crippen molar-refractivity contribution < 1.29 is 14.3 Å². The van der Waals surface area contributed by atoms with Crippen LogP contribution in [0.4, 0.5) is 10.5 Å². The minimum absolute atomic E-state index is 0.112. The van der Waals surface area contributed by atoms with Crippen molar-refractivity contribution in [1.29, 1.82) is 0 Å². The first-order valence-corrected chi connectivity index (χ1v) is 8.70. The number of benzene rings is 2. The summed E-state index contributed by atoms with van der Waals surface area (Å²) in [4.78, 5) is 14.5. The van der Waals surface area contributed by atoms with E-state index in [2.05, 4.69) is 5.32 Å². The number of halogens is 1. The molecule has 6 heteroatoms. The predicted molar refractivity (Wildman–Crippen MR) is 96.5 cm³/mol. The van der Waals surface area contributed by atoms with Gasteiger partial charge in [-0.25, -0.2) is 4.79 Å². The summed E-state index contributed by atoms with van der Waals surface area (Å²) in [6, 6.07) is 12.7. The third kappa shape index (κ3) is 2.68. The maximum Gasteiger partial charge on any atom is 0.325 e. The Kier molecular flexibility index (Phi) is 3.76. The van der Waals surface area contributed by atoms with E-state index in [1.54, 1.807) is 11.0 Å². The molecule has 0 aromatic heterocycles. The average molecular weight is 359 g/mol. The van der Waals surface area contributed by atoms with Crippen molar-refractivity contribution in [1.82, 2.24) is 5.32 Å². The zero-order valence-corrected chi connectivity index (χ0v) is 14.8. The van der Waals surface area contributed by atoms with Gasteiger partial charge in [0.15, 0.2) is 5.72 Å². The van der Waals surface area contributed by atoms with Crippen LogP contribution in [0, 0.1) is 0 Å². The van der Waals surface area contributed by atoms with E-state index in [0.29, 0.717) is 18.1 Å². The molecule has 1 N–H and O–H groups in total. The molecular weight excluding hydrogens is 340 g/mol. The Morgan fingerprint density at radius 3 is 2.80 bits per heavy atom. The second-order valence-corrected chi connectivity index (χ2v) is 6.86. The van der Waals surface area contributed by atoms with Gasteiger partial charge in [0, 0.05) is 22.7 Å². The van der Waals surface area contributed by atoms with E-state index >= 15 is 0 Å². The zero-order valence-electron chi connectivity index (χ0n) is 14.1. The Hall–Kier alpha value is -2.40. The van der Waals surface area contributed by atoms with Crippen molar-refractivity contribution in [3.63, 3.8) is 0 Å². The number of fused-ring (bicyclic) bond motifs is 4. The molecule has 1 fully saturated rings. The van der Waals surface area contributed by atoms with E-state index in [9.17, 15) is 4.79 Å². The Morgan fingerprint density at radius 2 is 2.08 bits per heavy atom. The fraction of sp³-hybridized carbons (Fsp3) is 0.316. The molecule has 2 aromatic rings. The van der Waals surface area contributed by atoms with Gasteiger partial charge >= 0.3 is 6.03 Å². The van der Waals surface area contributed by atoms with Gasteiger partial charge in [0.2, 0.25) is 0 Å². The topological polar surface area (TPSA) is 50.8 Å². The van der Waals surface area contributed by atoms with E-state index in [1.165, 1.54) is 0 Å². The molecule has 2 aromatic carbocycles. The van der Waals surface area contributed by atoms with Crippen LogP contribution in [0.25, 0.3) is 0 Å². The van der Waals surface area contributed by atoms with Gasteiger partial charge in [-0.05, 0) is 56.3 Å². The number of hydrogen-bond acceptors (Lipinski definition) is 3. The van der Waals surface area contributed by atoms with Gasteiger partial charge in [-0.3, -0.25) is 4.90 Å². The number of urea groups is 1. The molecule has 2 aliphatic heterocycles. The number of rotatable bonds is 3. The second kappa shape index (κ2) is 5.85. The number of nitrogens with one attached hydrogen (secondary N) is 1. The predicted octanol–water partition coefficient (Wildman–Crippen LogP) is 4.51. The van der Waals surface area contributed by atoms with Gasteiger partial charge in [-0.15, -0.1) is 0 Å². The maximum atomic E-state index is 12.8. The summed E-state index contributed by atoms with van der Waals surface area (Å²) in [5.41, 5.74) is 0.921. The minimum Gasteiger partial charge on any atom is -0.494 e. The van der Waals surface area contributed by atoms with Crippen molar-refractivity contribution in [3.8, 4) is 11.5 Å². The van der Waals surface area contributed by atoms with E-state index in [0.717, 1.165) is 22.7 Å². The lowest BCUT2D eigenvalue weighted by molar-refractivity contribution is 0.0379. The molecule has 2 atom stereocenters. The molecule has 1 unspecified atom stereocenters. The Bertz CT molecular complexity index is 824. The molecule has 4 rings (SSSR count). The first kappa shape index (κ1) is 16.1. The molecule has 2 bridgehead atoms. The highest BCUT2D eigenvalue weighted by Crippen LogP contribution is 2.46. The molecular formula is C19H19ClN2O3. The molecule has 2 aliphatic rings. The molecule has 5 nitrogen and oxygen atoms in total. The third-order valence-electron chi connectivity index (χ3n) is 4.64. The van der Waals surface area contributed by atoms with Crippen LogP contribution in [0.5, 0.6) is 11.5 Å². The molecule has 0 spiro atoms. The lowest BCUT2D eigenvalue weighted by Crippen LogP contribution is -2.65. The standard InChI is InChI=1S/C19H19ClN2O3/c1-3-24-14-7-5-13(6-8-14)22-18(23)21-16-11-19(22,2)25-17-9-4-12(20)10-15(16)17/h4-10,16H,3,11H2,1-2H3,(H,21,23)/t16?,19-/m0/s1. The number of anilines is 1. The summed E-state index contributed by atoms with van der Waals surface area (Å²) >= 11 is 6.10. The van der Waals surface area contributed by atoms with E-state index in [1.807, 2.05) is 50.2 Å². The van der Waals surface area contributed by atoms with E-state index < -0.39 is 5.72 Å². The van der Waals surface area contributed by atoms with Crippen LogP contribution >= 0.6 is 11.6 Å². The first-order valence-electron chi connectivity index (χ1n) is 8.32. The van der Waals surface area contributed by atoms with Crippen molar-refractivity contribution in [2.45, 2.75) is 32.0 Å². The monoisotopic (exact) mass is 358 g/mol. The van der Waals surface area contributed by atoms with Crippen LogP contribution in [-0.4, -0.2) is 18.4 Å². The fourth-order valence-electron chi connectivity index (χ4n) is 3.59. The van der Waals surface area contributed by atoms with Crippen LogP contribution in [-0.2, 0) is 0 Å². The van der Waals surface area contributed by atoms with E-state index in [-0.39, 0.29) is 12.1 Å². The SMILES string of the molecule is CCOc1ccc(N2C(=O)NC3C[C@]2(C)Oc2ccc(Cl)cc23)cc1. The summed E-state index contributed by atoms with van der Waals surface area (Å²) < 4.78 is 11.7. The zero-order chi connectivity index (χ0) is 17.6. The highest BCUT2D eigenvalue weighted by Gasteiger charge is 2.49. The number of carbonyl (C=O) groups is 1. The quantitative estimate of drug-likeness (QED) is 0.878. The average Bonchev–Trinajstić information content (AvgIpc) is 2.57. The van der Waals surface area contributed by atoms with Crippen LogP contribution in [0.2, 0.25) is 5.02 Å². The van der Waals surface area contributed by atoms with Crippen molar-refractivity contribution in [2.75, 3.05) is 11.5 Å². The molecule has 130 valence electrons. The Balaban J connectivity index is 1.71. The number of hydrogen-bond donors (Lipinski definition) is 1. The Morgan fingerprint density at radius 1 is 1.32 bits per heavy atom. The highest BCUT2D eigenvalue weighted by molar-refractivity contribution is 6.30. The highest BCUT2D eigenvalue weighted by atomic mass is 35.5. The van der Waals surface area contributed by atoms with Crippen LogP contribution in [0.1, 0.15) is 31.9 Å². The van der Waals surface area contributed by atoms with Crippen LogP contribution < -0.4 is 19.7 Å². The van der Waals surface area contributed by atoms with Crippen LogP contribution in [0.15, 0.2) is 42.5 Å². The van der Waals surface area contributed by atoms with Crippen molar-refractivity contribution in [3.05, 3.63) is 53.1 Å². The summed E-state index contributed by atoms with van der Waals surface area (Å²) in [5.74, 6) is 1.52. The smallest absolute Gasteiger partial charge is 0.325 e. The Labute approximate surface area is 151 Å². The molecule has 0 radical (unpaired) electrons. The van der Waals surface area contributed by atoms with Gasteiger partial charge in [0.1, 0.15) is 11.5 Å². The largest absolute Gasteiger partial charge is 0.494 e. The minimum atomic E-state index is -0.763. The molecule has 1 saturated heterocycles. The van der Waals surface area contributed by atoms with Gasteiger partial charge in [-0.1, -0.05) is 11.6 Å². The first-order chi connectivity index (χ1) is 12.0.